The summed E-state index contributed by atoms with van der Waals surface area (Å²) in [5.41, 5.74) is 3.94. The molecule has 0 aliphatic rings. The van der Waals surface area contributed by atoms with Gasteiger partial charge >= 0.3 is 0 Å². The molecule has 0 aliphatic carbocycles. The Bertz CT molecular complexity index is 902. The third kappa shape index (κ3) is 5.41. The van der Waals surface area contributed by atoms with Gasteiger partial charge in [-0.15, -0.1) is 0 Å². The summed E-state index contributed by atoms with van der Waals surface area (Å²) in [4.78, 5) is 4.23. The zero-order valence-electron chi connectivity index (χ0n) is 15.6. The number of nitrogens with zero attached hydrogens (tertiary/aromatic N) is 3. The summed E-state index contributed by atoms with van der Waals surface area (Å²) in [6.07, 6.45) is 3.88. The number of rotatable bonds is 6. The molecule has 0 bridgehead atoms. The maximum atomic E-state index is 13.3. The van der Waals surface area contributed by atoms with Crippen LogP contribution in [0.4, 0.5) is 4.39 Å². The smallest absolute Gasteiger partial charge is 0.191 e. The molecule has 0 unspecified atom stereocenters. The molecule has 0 spiro atoms. The molecule has 2 N–H and O–H groups in total. The fourth-order valence-corrected chi connectivity index (χ4v) is 2.76. The minimum atomic E-state index is -0.186. The Hall–Kier alpha value is -3.15. The first-order valence-corrected chi connectivity index (χ1v) is 8.89. The van der Waals surface area contributed by atoms with Crippen molar-refractivity contribution in [3.8, 4) is 0 Å². The van der Waals surface area contributed by atoms with E-state index in [1.165, 1.54) is 11.6 Å². The molecule has 3 aromatic rings. The van der Waals surface area contributed by atoms with Crippen LogP contribution in [0.5, 0.6) is 0 Å². The van der Waals surface area contributed by atoms with Crippen LogP contribution in [0.15, 0.2) is 65.9 Å². The SMILES string of the molecule is CN=C(NCc1ccc(F)c(C)c1)NCc1cnn(Cc2ccccc2)c1. The molecule has 5 nitrogen and oxygen atoms in total. The minimum absolute atomic E-state index is 0.186. The molecule has 0 radical (unpaired) electrons. The Balaban J connectivity index is 1.50. The van der Waals surface area contributed by atoms with E-state index in [9.17, 15) is 4.39 Å². The van der Waals surface area contributed by atoms with E-state index in [0.717, 1.165) is 17.7 Å². The molecular weight excluding hydrogens is 341 g/mol. The lowest BCUT2D eigenvalue weighted by molar-refractivity contribution is 0.617. The molecule has 0 saturated carbocycles. The van der Waals surface area contributed by atoms with Gasteiger partial charge in [0, 0.05) is 31.9 Å². The normalized spacial score (nSPS) is 11.4. The predicted molar refractivity (Wildman–Crippen MR) is 106 cm³/mol. The molecule has 6 heteroatoms. The van der Waals surface area contributed by atoms with Crippen LogP contribution in [0.3, 0.4) is 0 Å². The maximum Gasteiger partial charge on any atom is 0.191 e. The van der Waals surface area contributed by atoms with E-state index in [0.29, 0.717) is 24.6 Å². The highest BCUT2D eigenvalue weighted by Crippen LogP contribution is 2.09. The summed E-state index contributed by atoms with van der Waals surface area (Å²) < 4.78 is 15.3. The molecule has 1 aromatic heterocycles. The Morgan fingerprint density at radius 1 is 1.04 bits per heavy atom. The molecule has 3 rings (SSSR count). The number of aromatic nitrogens is 2. The third-order valence-electron chi connectivity index (χ3n) is 4.24. The van der Waals surface area contributed by atoms with Gasteiger partial charge in [0.2, 0.25) is 0 Å². The van der Waals surface area contributed by atoms with E-state index in [1.54, 1.807) is 20.0 Å². The molecule has 1 heterocycles. The molecule has 0 atom stereocenters. The first-order chi connectivity index (χ1) is 13.1. The zero-order chi connectivity index (χ0) is 19.1. The summed E-state index contributed by atoms with van der Waals surface area (Å²) in [5, 5.41) is 10.9. The molecule has 27 heavy (non-hydrogen) atoms. The Morgan fingerprint density at radius 2 is 1.78 bits per heavy atom. The number of halogens is 1. The average molecular weight is 365 g/mol. The van der Waals surface area contributed by atoms with Crippen molar-refractivity contribution in [2.75, 3.05) is 7.05 Å². The van der Waals surface area contributed by atoms with Crippen LogP contribution in [0.1, 0.15) is 22.3 Å². The van der Waals surface area contributed by atoms with Gasteiger partial charge in [-0.2, -0.15) is 5.10 Å². The summed E-state index contributed by atoms with van der Waals surface area (Å²) in [6.45, 7) is 3.71. The third-order valence-corrected chi connectivity index (χ3v) is 4.24. The fourth-order valence-electron chi connectivity index (χ4n) is 2.76. The van der Waals surface area contributed by atoms with E-state index < -0.39 is 0 Å². The fraction of sp³-hybridized carbons (Fsp3) is 0.238. The minimum Gasteiger partial charge on any atom is -0.352 e. The van der Waals surface area contributed by atoms with Crippen LogP contribution < -0.4 is 10.6 Å². The van der Waals surface area contributed by atoms with Gasteiger partial charge in [0.1, 0.15) is 5.82 Å². The molecule has 0 amide bonds. The lowest BCUT2D eigenvalue weighted by atomic mass is 10.1. The van der Waals surface area contributed by atoms with Gasteiger partial charge < -0.3 is 10.6 Å². The molecule has 0 aliphatic heterocycles. The van der Waals surface area contributed by atoms with Crippen molar-refractivity contribution in [3.05, 3.63) is 89.0 Å². The lowest BCUT2D eigenvalue weighted by Gasteiger charge is -2.11. The second-order valence-corrected chi connectivity index (χ2v) is 6.39. The van der Waals surface area contributed by atoms with Crippen LogP contribution in [0.25, 0.3) is 0 Å². The van der Waals surface area contributed by atoms with Crippen LogP contribution >= 0.6 is 0 Å². The first-order valence-electron chi connectivity index (χ1n) is 8.89. The van der Waals surface area contributed by atoms with Gasteiger partial charge in [-0.3, -0.25) is 9.67 Å². The van der Waals surface area contributed by atoms with Crippen molar-refractivity contribution in [1.29, 1.82) is 0 Å². The van der Waals surface area contributed by atoms with Crippen molar-refractivity contribution in [2.24, 2.45) is 4.99 Å². The quantitative estimate of drug-likeness (QED) is 0.521. The number of guanidine groups is 1. The molecule has 2 aromatic carbocycles. The number of aliphatic imine (C=N–C) groups is 1. The van der Waals surface area contributed by atoms with Gasteiger partial charge in [0.15, 0.2) is 5.96 Å². The van der Waals surface area contributed by atoms with E-state index in [1.807, 2.05) is 41.3 Å². The Labute approximate surface area is 159 Å². The van der Waals surface area contributed by atoms with Gasteiger partial charge in [-0.05, 0) is 29.7 Å². The van der Waals surface area contributed by atoms with Crippen molar-refractivity contribution in [2.45, 2.75) is 26.6 Å². The summed E-state index contributed by atoms with van der Waals surface area (Å²) in [6, 6.07) is 15.3. The van der Waals surface area contributed by atoms with Gasteiger partial charge in [-0.1, -0.05) is 42.5 Å². The highest BCUT2D eigenvalue weighted by Gasteiger charge is 2.04. The molecule has 0 fully saturated rings. The van der Waals surface area contributed by atoms with E-state index in [4.69, 9.17) is 0 Å². The standard InChI is InChI=1S/C21H24FN5/c1-16-10-18(8-9-20(16)22)11-24-21(23-2)25-12-19-13-26-27(15-19)14-17-6-4-3-5-7-17/h3-10,13,15H,11-12,14H2,1-2H3,(H2,23,24,25). The van der Waals surface area contributed by atoms with Crippen molar-refractivity contribution in [3.63, 3.8) is 0 Å². The van der Waals surface area contributed by atoms with Crippen LogP contribution in [0.2, 0.25) is 0 Å². The number of hydrogen-bond acceptors (Lipinski definition) is 2. The lowest BCUT2D eigenvalue weighted by Crippen LogP contribution is -2.36. The molecule has 0 saturated heterocycles. The number of nitrogens with one attached hydrogen (secondary N) is 2. The van der Waals surface area contributed by atoms with Gasteiger partial charge in [-0.25, -0.2) is 4.39 Å². The van der Waals surface area contributed by atoms with Crippen LogP contribution in [-0.4, -0.2) is 22.8 Å². The number of hydrogen-bond donors (Lipinski definition) is 2. The number of aryl methyl sites for hydroxylation is 1. The highest BCUT2D eigenvalue weighted by atomic mass is 19.1. The predicted octanol–water partition coefficient (Wildman–Crippen LogP) is 3.24. The molecule has 140 valence electrons. The maximum absolute atomic E-state index is 13.3. The Kier molecular flexibility index (Phi) is 6.20. The van der Waals surface area contributed by atoms with Crippen molar-refractivity contribution >= 4 is 5.96 Å². The van der Waals surface area contributed by atoms with Gasteiger partial charge in [0.25, 0.3) is 0 Å². The number of benzene rings is 2. The van der Waals surface area contributed by atoms with Crippen LogP contribution in [0, 0.1) is 12.7 Å². The molecular formula is C21H24FN5. The second-order valence-electron chi connectivity index (χ2n) is 6.39. The monoisotopic (exact) mass is 365 g/mol. The van der Waals surface area contributed by atoms with E-state index in [2.05, 4.69) is 32.9 Å². The summed E-state index contributed by atoms with van der Waals surface area (Å²) in [7, 11) is 1.73. The van der Waals surface area contributed by atoms with E-state index >= 15 is 0 Å². The average Bonchev–Trinajstić information content (AvgIpc) is 3.13. The van der Waals surface area contributed by atoms with E-state index in [-0.39, 0.29) is 5.82 Å². The summed E-state index contributed by atoms with van der Waals surface area (Å²) in [5.74, 6) is 0.501. The summed E-state index contributed by atoms with van der Waals surface area (Å²) >= 11 is 0. The second kappa shape index (κ2) is 8.98. The van der Waals surface area contributed by atoms with Crippen molar-refractivity contribution < 1.29 is 4.39 Å². The largest absolute Gasteiger partial charge is 0.352 e. The topological polar surface area (TPSA) is 54.2 Å². The highest BCUT2D eigenvalue weighted by molar-refractivity contribution is 5.79. The van der Waals surface area contributed by atoms with Gasteiger partial charge in [0.05, 0.1) is 12.7 Å². The van der Waals surface area contributed by atoms with Crippen LogP contribution in [-0.2, 0) is 19.6 Å². The first kappa shape index (κ1) is 18.6. The van der Waals surface area contributed by atoms with Crippen molar-refractivity contribution in [1.82, 2.24) is 20.4 Å². The zero-order valence-corrected chi connectivity index (χ0v) is 15.6. The Morgan fingerprint density at radius 3 is 2.48 bits per heavy atom.